The molecule has 88 valence electrons. The molecule has 16 heavy (non-hydrogen) atoms. The van der Waals surface area contributed by atoms with Gasteiger partial charge in [0.1, 0.15) is 0 Å². The molecular weight excluding hydrogens is 284 g/mol. The van der Waals surface area contributed by atoms with Crippen LogP contribution in [0.1, 0.15) is 35.0 Å². The molecule has 1 rings (SSSR count). The van der Waals surface area contributed by atoms with Gasteiger partial charge in [-0.3, -0.25) is 4.98 Å². The smallest absolute Gasteiger partial charge is 0.339 e. The molecule has 3 nitrogen and oxygen atoms in total. The van der Waals surface area contributed by atoms with Gasteiger partial charge in [0.15, 0.2) is 0 Å². The van der Waals surface area contributed by atoms with Gasteiger partial charge in [0.05, 0.1) is 17.9 Å². The van der Waals surface area contributed by atoms with Crippen molar-refractivity contribution >= 4 is 21.9 Å². The van der Waals surface area contributed by atoms with Crippen LogP contribution in [0.2, 0.25) is 0 Å². The van der Waals surface area contributed by atoms with Gasteiger partial charge in [0, 0.05) is 17.1 Å². The summed E-state index contributed by atoms with van der Waals surface area (Å²) < 4.78 is 30.0. The second-order valence-electron chi connectivity index (χ2n) is 2.91. The van der Waals surface area contributed by atoms with E-state index < -0.39 is 12.4 Å². The number of alkyl halides is 3. The Morgan fingerprint density at radius 2 is 2.31 bits per heavy atom. The third kappa shape index (κ3) is 2.98. The van der Waals surface area contributed by atoms with Crippen molar-refractivity contribution in [3.05, 3.63) is 29.1 Å². The van der Waals surface area contributed by atoms with Crippen molar-refractivity contribution < 1.29 is 18.3 Å². The number of halogens is 3. The van der Waals surface area contributed by atoms with Crippen molar-refractivity contribution in [2.75, 3.05) is 6.61 Å². The Hall–Kier alpha value is -1.04. The molecule has 0 N–H and O–H groups in total. The number of hydrogen-bond donors (Lipinski definition) is 0. The molecule has 0 aliphatic carbocycles. The summed E-state index contributed by atoms with van der Waals surface area (Å²) in [6.07, 6.45) is -1.42. The molecule has 0 atom stereocenters. The molecule has 0 aliphatic rings. The fraction of sp³-hybridized carbons (Fsp3) is 0.400. The zero-order valence-corrected chi connectivity index (χ0v) is 10.1. The van der Waals surface area contributed by atoms with E-state index in [0.717, 1.165) is 6.07 Å². The van der Waals surface area contributed by atoms with Gasteiger partial charge < -0.3 is 4.74 Å². The van der Waals surface area contributed by atoms with E-state index in [4.69, 9.17) is 4.74 Å². The summed E-state index contributed by atoms with van der Waals surface area (Å²) >= 11 is 3.06. The van der Waals surface area contributed by atoms with Crippen LogP contribution in [0.25, 0.3) is 0 Å². The SMILES string of the molecule is CCOC(=O)c1cnc(CBr)c(C(F)F)c1. The first-order valence-electron chi connectivity index (χ1n) is 4.60. The molecule has 0 saturated heterocycles. The Morgan fingerprint density at radius 1 is 1.62 bits per heavy atom. The lowest BCUT2D eigenvalue weighted by atomic mass is 10.1. The monoisotopic (exact) mass is 293 g/mol. The van der Waals surface area contributed by atoms with E-state index in [1.54, 1.807) is 6.92 Å². The van der Waals surface area contributed by atoms with Crippen LogP contribution in [0, 0.1) is 0 Å². The lowest BCUT2D eigenvalue weighted by Crippen LogP contribution is -2.07. The Kier molecular flexibility index (Phi) is 4.79. The third-order valence-electron chi connectivity index (χ3n) is 1.88. The second-order valence-corrected chi connectivity index (χ2v) is 3.48. The summed E-state index contributed by atoms with van der Waals surface area (Å²) in [5.41, 5.74) is 0.0207. The van der Waals surface area contributed by atoms with Crippen molar-refractivity contribution in [2.45, 2.75) is 18.7 Å². The summed E-state index contributed by atoms with van der Waals surface area (Å²) in [5, 5.41) is 0.218. The summed E-state index contributed by atoms with van der Waals surface area (Å²) in [6, 6.07) is 1.12. The Labute approximate surface area is 99.9 Å². The van der Waals surface area contributed by atoms with E-state index in [1.165, 1.54) is 6.20 Å². The van der Waals surface area contributed by atoms with E-state index in [9.17, 15) is 13.6 Å². The molecule has 0 fully saturated rings. The van der Waals surface area contributed by atoms with Gasteiger partial charge in [-0.2, -0.15) is 0 Å². The minimum absolute atomic E-state index is 0.0434. The lowest BCUT2D eigenvalue weighted by molar-refractivity contribution is 0.0525. The largest absolute Gasteiger partial charge is 0.462 e. The summed E-state index contributed by atoms with van der Waals surface area (Å²) in [5.74, 6) is -0.641. The van der Waals surface area contributed by atoms with Crippen LogP contribution < -0.4 is 0 Å². The van der Waals surface area contributed by atoms with Crippen LogP contribution >= 0.6 is 15.9 Å². The molecule has 0 aromatic carbocycles. The molecular formula is C10H10BrF2NO2. The number of rotatable bonds is 4. The number of esters is 1. The molecule has 1 aromatic heterocycles. The van der Waals surface area contributed by atoms with Crippen LogP contribution in [0.15, 0.2) is 12.3 Å². The number of aromatic nitrogens is 1. The van der Waals surface area contributed by atoms with Crippen molar-refractivity contribution in [1.29, 1.82) is 0 Å². The molecule has 0 unspecified atom stereocenters. The standard InChI is InChI=1S/C10H10BrF2NO2/c1-2-16-10(15)6-3-7(9(12)13)8(4-11)14-5-6/h3,5,9H,2,4H2,1H3. The maximum Gasteiger partial charge on any atom is 0.339 e. The van der Waals surface area contributed by atoms with Crippen molar-refractivity contribution in [2.24, 2.45) is 0 Å². The molecule has 0 aliphatic heterocycles. The molecule has 0 amide bonds. The highest BCUT2D eigenvalue weighted by Crippen LogP contribution is 2.24. The number of carbonyl (C=O) groups excluding carboxylic acids is 1. The molecule has 0 spiro atoms. The maximum absolute atomic E-state index is 12.6. The minimum atomic E-state index is -2.66. The molecule has 0 bridgehead atoms. The van der Waals surface area contributed by atoms with Gasteiger partial charge in [-0.25, -0.2) is 13.6 Å². The zero-order valence-electron chi connectivity index (χ0n) is 8.54. The number of carbonyl (C=O) groups is 1. The lowest BCUT2D eigenvalue weighted by Gasteiger charge is -2.07. The van der Waals surface area contributed by atoms with Gasteiger partial charge in [-0.1, -0.05) is 15.9 Å². The first kappa shape index (κ1) is 13.0. The zero-order chi connectivity index (χ0) is 12.1. The number of nitrogens with zero attached hydrogens (tertiary/aromatic N) is 1. The fourth-order valence-corrected chi connectivity index (χ4v) is 1.61. The highest BCUT2D eigenvalue weighted by atomic mass is 79.9. The summed E-state index contributed by atoms with van der Waals surface area (Å²) in [4.78, 5) is 15.1. The quantitative estimate of drug-likeness (QED) is 0.633. The van der Waals surface area contributed by atoms with E-state index in [2.05, 4.69) is 20.9 Å². The van der Waals surface area contributed by atoms with Gasteiger partial charge in [-0.05, 0) is 13.0 Å². The molecule has 0 saturated carbocycles. The van der Waals surface area contributed by atoms with Crippen LogP contribution in [0.5, 0.6) is 0 Å². The third-order valence-corrected chi connectivity index (χ3v) is 2.41. The normalized spacial score (nSPS) is 10.6. The van der Waals surface area contributed by atoms with Crippen molar-refractivity contribution in [3.63, 3.8) is 0 Å². The predicted molar refractivity (Wildman–Crippen MR) is 57.8 cm³/mol. The Bertz CT molecular complexity index is 385. The van der Waals surface area contributed by atoms with Gasteiger partial charge >= 0.3 is 5.97 Å². The van der Waals surface area contributed by atoms with Crippen LogP contribution in [0.4, 0.5) is 8.78 Å². The number of hydrogen-bond acceptors (Lipinski definition) is 3. The van der Waals surface area contributed by atoms with Crippen LogP contribution in [0.3, 0.4) is 0 Å². The maximum atomic E-state index is 12.6. The van der Waals surface area contributed by atoms with Crippen molar-refractivity contribution in [3.8, 4) is 0 Å². The van der Waals surface area contributed by atoms with Crippen LogP contribution in [-0.2, 0) is 10.1 Å². The first-order valence-corrected chi connectivity index (χ1v) is 5.72. The predicted octanol–water partition coefficient (Wildman–Crippen LogP) is 3.09. The van der Waals surface area contributed by atoms with Gasteiger partial charge in [0.25, 0.3) is 6.43 Å². The van der Waals surface area contributed by atoms with E-state index in [-0.39, 0.29) is 28.8 Å². The average Bonchev–Trinajstić information content (AvgIpc) is 2.28. The fourth-order valence-electron chi connectivity index (χ4n) is 1.14. The highest BCUT2D eigenvalue weighted by Gasteiger charge is 2.17. The number of ether oxygens (including phenoxy) is 1. The molecule has 1 aromatic rings. The molecule has 0 radical (unpaired) electrons. The number of pyridine rings is 1. The molecule has 1 heterocycles. The second kappa shape index (κ2) is 5.89. The Balaban J connectivity index is 3.06. The topological polar surface area (TPSA) is 39.2 Å². The van der Waals surface area contributed by atoms with Gasteiger partial charge in [0.2, 0.25) is 0 Å². The molecule has 6 heteroatoms. The van der Waals surface area contributed by atoms with E-state index >= 15 is 0 Å². The van der Waals surface area contributed by atoms with Crippen molar-refractivity contribution in [1.82, 2.24) is 4.98 Å². The average molecular weight is 294 g/mol. The Morgan fingerprint density at radius 3 is 2.81 bits per heavy atom. The summed E-state index contributed by atoms with van der Waals surface area (Å²) in [7, 11) is 0. The first-order chi connectivity index (χ1) is 7.60. The van der Waals surface area contributed by atoms with E-state index in [1.807, 2.05) is 0 Å². The highest BCUT2D eigenvalue weighted by molar-refractivity contribution is 9.08. The van der Waals surface area contributed by atoms with Gasteiger partial charge in [-0.15, -0.1) is 0 Å². The summed E-state index contributed by atoms with van der Waals surface area (Å²) in [6.45, 7) is 1.84. The van der Waals surface area contributed by atoms with E-state index in [0.29, 0.717) is 0 Å². The van der Waals surface area contributed by atoms with Crippen LogP contribution in [-0.4, -0.2) is 17.6 Å². The minimum Gasteiger partial charge on any atom is -0.462 e.